The number of nitrogen functional groups attached to an aromatic ring is 1. The van der Waals surface area contributed by atoms with Crippen LogP contribution in [0.1, 0.15) is 21.6 Å². The second kappa shape index (κ2) is 6.31. The molecule has 3 N–H and O–H groups in total. The van der Waals surface area contributed by atoms with Gasteiger partial charge in [0.05, 0.1) is 11.4 Å². The van der Waals surface area contributed by atoms with Crippen LogP contribution in [0.2, 0.25) is 0 Å². The molecular formula is C17H15F2N5O. The Hall–Kier alpha value is -3.29. The number of carbonyl (C=O) groups is 1. The van der Waals surface area contributed by atoms with Crippen molar-refractivity contribution in [3.63, 3.8) is 0 Å². The number of aryl methyl sites for hydroxylation is 2. The summed E-state index contributed by atoms with van der Waals surface area (Å²) in [5.74, 6) is -2.23. The van der Waals surface area contributed by atoms with Crippen LogP contribution in [0.25, 0.3) is 5.69 Å². The number of amides is 1. The van der Waals surface area contributed by atoms with Crippen LogP contribution in [0.15, 0.2) is 36.4 Å². The number of nitrogens with one attached hydrogen (secondary N) is 1. The predicted molar refractivity (Wildman–Crippen MR) is 89.6 cm³/mol. The molecule has 2 aromatic carbocycles. The third-order valence-electron chi connectivity index (χ3n) is 3.83. The van der Waals surface area contributed by atoms with Crippen molar-refractivity contribution < 1.29 is 13.6 Å². The maximum Gasteiger partial charge on any atom is 0.280 e. The van der Waals surface area contributed by atoms with Crippen molar-refractivity contribution in [2.75, 3.05) is 11.1 Å². The van der Waals surface area contributed by atoms with Crippen molar-refractivity contribution in [3.8, 4) is 5.69 Å². The molecule has 0 unspecified atom stereocenters. The molecule has 8 heteroatoms. The Morgan fingerprint density at radius 1 is 1.12 bits per heavy atom. The van der Waals surface area contributed by atoms with E-state index >= 15 is 0 Å². The maximum atomic E-state index is 13.6. The minimum absolute atomic E-state index is 0.00226. The Morgan fingerprint density at radius 3 is 2.60 bits per heavy atom. The van der Waals surface area contributed by atoms with Gasteiger partial charge in [-0.05, 0) is 49.2 Å². The van der Waals surface area contributed by atoms with E-state index in [0.717, 1.165) is 29.3 Å². The van der Waals surface area contributed by atoms with Gasteiger partial charge in [0.25, 0.3) is 5.91 Å². The molecule has 0 aliphatic heterocycles. The summed E-state index contributed by atoms with van der Waals surface area (Å²) in [7, 11) is 0. The van der Waals surface area contributed by atoms with E-state index in [-0.39, 0.29) is 17.2 Å². The van der Waals surface area contributed by atoms with Crippen molar-refractivity contribution in [2.45, 2.75) is 13.8 Å². The molecule has 0 radical (unpaired) electrons. The summed E-state index contributed by atoms with van der Waals surface area (Å²) in [6.45, 7) is 3.91. The summed E-state index contributed by atoms with van der Waals surface area (Å²) < 4.78 is 28.2. The summed E-state index contributed by atoms with van der Waals surface area (Å²) in [4.78, 5) is 12.3. The van der Waals surface area contributed by atoms with Gasteiger partial charge in [0, 0.05) is 6.07 Å². The van der Waals surface area contributed by atoms with Gasteiger partial charge in [0.15, 0.2) is 11.5 Å². The Balaban J connectivity index is 1.91. The number of carbonyl (C=O) groups excluding carboxylic acids is 1. The average Bonchev–Trinajstić information content (AvgIpc) is 2.95. The molecule has 1 aromatic heterocycles. The maximum absolute atomic E-state index is 13.6. The lowest BCUT2D eigenvalue weighted by Crippen LogP contribution is -2.16. The van der Waals surface area contributed by atoms with E-state index in [9.17, 15) is 13.6 Å². The van der Waals surface area contributed by atoms with E-state index in [1.807, 2.05) is 26.0 Å². The van der Waals surface area contributed by atoms with Crippen molar-refractivity contribution in [1.82, 2.24) is 15.0 Å². The number of hydrogen-bond donors (Lipinski definition) is 2. The highest BCUT2D eigenvalue weighted by atomic mass is 19.1. The first-order valence-corrected chi connectivity index (χ1v) is 7.42. The number of nitrogens with two attached hydrogens (primary N) is 1. The van der Waals surface area contributed by atoms with Gasteiger partial charge in [-0.2, -0.15) is 4.68 Å². The van der Waals surface area contributed by atoms with Crippen molar-refractivity contribution >= 4 is 17.4 Å². The zero-order valence-corrected chi connectivity index (χ0v) is 13.5. The first-order valence-electron chi connectivity index (χ1n) is 7.42. The fourth-order valence-corrected chi connectivity index (χ4v) is 2.27. The highest BCUT2D eigenvalue weighted by molar-refractivity contribution is 6.05. The first kappa shape index (κ1) is 16.6. The molecule has 0 spiro atoms. The molecular weight excluding hydrogens is 328 g/mol. The van der Waals surface area contributed by atoms with Crippen molar-refractivity contribution in [1.29, 1.82) is 0 Å². The lowest BCUT2D eigenvalue weighted by Gasteiger charge is -2.07. The smallest absolute Gasteiger partial charge is 0.280 e. The Bertz CT molecular complexity index is 968. The topological polar surface area (TPSA) is 85.8 Å². The molecule has 1 heterocycles. The van der Waals surface area contributed by atoms with Crippen LogP contribution >= 0.6 is 0 Å². The third kappa shape index (κ3) is 3.18. The molecule has 0 bridgehead atoms. The standard InChI is InChI=1S/C17H15F2N5O/c1-9-3-5-12(7-10(9)2)24-16(20)15(22-23-24)17(25)21-14-8-11(18)4-6-13(14)19/h3-8H,20H2,1-2H3,(H,21,25). The monoisotopic (exact) mass is 343 g/mol. The van der Waals surface area contributed by atoms with E-state index in [4.69, 9.17) is 5.73 Å². The van der Waals surface area contributed by atoms with Crippen LogP contribution in [0.5, 0.6) is 0 Å². The van der Waals surface area contributed by atoms with Gasteiger partial charge in [0.1, 0.15) is 11.6 Å². The van der Waals surface area contributed by atoms with Gasteiger partial charge in [-0.1, -0.05) is 11.3 Å². The average molecular weight is 343 g/mol. The van der Waals surface area contributed by atoms with E-state index in [2.05, 4.69) is 15.6 Å². The number of aromatic nitrogens is 3. The van der Waals surface area contributed by atoms with Crippen LogP contribution in [-0.4, -0.2) is 20.9 Å². The molecule has 128 valence electrons. The Kier molecular flexibility index (Phi) is 4.18. The van der Waals surface area contributed by atoms with Crippen LogP contribution in [0.3, 0.4) is 0 Å². The summed E-state index contributed by atoms with van der Waals surface area (Å²) in [5, 5.41) is 9.87. The quantitative estimate of drug-likeness (QED) is 0.765. The van der Waals surface area contributed by atoms with Crippen LogP contribution < -0.4 is 11.1 Å². The molecule has 1 amide bonds. The number of anilines is 2. The van der Waals surface area contributed by atoms with Gasteiger partial charge in [-0.25, -0.2) is 8.78 Å². The fraction of sp³-hybridized carbons (Fsp3) is 0.118. The minimum Gasteiger partial charge on any atom is -0.382 e. The van der Waals surface area contributed by atoms with Crippen LogP contribution in [-0.2, 0) is 0 Å². The van der Waals surface area contributed by atoms with E-state index < -0.39 is 17.5 Å². The molecule has 3 aromatic rings. The second-order valence-corrected chi connectivity index (χ2v) is 5.58. The minimum atomic E-state index is -0.780. The molecule has 0 aliphatic carbocycles. The lowest BCUT2D eigenvalue weighted by molar-refractivity contribution is 0.102. The normalized spacial score (nSPS) is 10.7. The number of hydrogen-bond acceptors (Lipinski definition) is 4. The summed E-state index contributed by atoms with van der Waals surface area (Å²) >= 11 is 0. The summed E-state index contributed by atoms with van der Waals surface area (Å²) in [6.07, 6.45) is 0. The van der Waals surface area contributed by atoms with Crippen molar-refractivity contribution in [2.24, 2.45) is 0 Å². The number of nitrogens with zero attached hydrogens (tertiary/aromatic N) is 3. The number of benzene rings is 2. The molecule has 0 saturated heterocycles. The highest BCUT2D eigenvalue weighted by Crippen LogP contribution is 2.20. The van der Waals surface area contributed by atoms with Gasteiger partial charge >= 0.3 is 0 Å². The zero-order valence-electron chi connectivity index (χ0n) is 13.5. The lowest BCUT2D eigenvalue weighted by atomic mass is 10.1. The SMILES string of the molecule is Cc1ccc(-n2nnc(C(=O)Nc3cc(F)ccc3F)c2N)cc1C. The number of halogens is 2. The zero-order chi connectivity index (χ0) is 18.1. The van der Waals surface area contributed by atoms with Gasteiger partial charge in [0.2, 0.25) is 0 Å². The van der Waals surface area contributed by atoms with Crippen LogP contribution in [0.4, 0.5) is 20.3 Å². The molecule has 0 fully saturated rings. The third-order valence-corrected chi connectivity index (χ3v) is 3.83. The second-order valence-electron chi connectivity index (χ2n) is 5.58. The molecule has 25 heavy (non-hydrogen) atoms. The van der Waals surface area contributed by atoms with Crippen molar-refractivity contribution in [3.05, 3.63) is 64.9 Å². The fourth-order valence-electron chi connectivity index (χ4n) is 2.27. The largest absolute Gasteiger partial charge is 0.382 e. The summed E-state index contributed by atoms with van der Waals surface area (Å²) in [5.41, 5.74) is 8.25. The van der Waals surface area contributed by atoms with E-state index in [1.54, 1.807) is 6.07 Å². The van der Waals surface area contributed by atoms with E-state index in [1.165, 1.54) is 4.68 Å². The molecule has 0 saturated carbocycles. The Labute approximate surface area is 142 Å². The molecule has 0 atom stereocenters. The molecule has 6 nitrogen and oxygen atoms in total. The van der Waals surface area contributed by atoms with Crippen LogP contribution in [0, 0.1) is 25.5 Å². The molecule has 3 rings (SSSR count). The Morgan fingerprint density at radius 2 is 1.88 bits per heavy atom. The molecule has 0 aliphatic rings. The summed E-state index contributed by atoms with van der Waals surface area (Å²) in [6, 6.07) is 8.29. The number of rotatable bonds is 3. The highest BCUT2D eigenvalue weighted by Gasteiger charge is 2.20. The predicted octanol–water partition coefficient (Wildman–Crippen LogP) is 3.00. The first-order chi connectivity index (χ1) is 11.9. The van der Waals surface area contributed by atoms with Gasteiger partial charge < -0.3 is 11.1 Å². The van der Waals surface area contributed by atoms with Gasteiger partial charge in [-0.3, -0.25) is 4.79 Å². The van der Waals surface area contributed by atoms with Gasteiger partial charge in [-0.15, -0.1) is 5.10 Å². The van der Waals surface area contributed by atoms with E-state index in [0.29, 0.717) is 5.69 Å².